The molecule has 212 valence electrons. The van der Waals surface area contributed by atoms with Gasteiger partial charge in [-0.25, -0.2) is 4.79 Å². The molecule has 4 unspecified atom stereocenters. The number of nitrogens with two attached hydrogens (primary N) is 2. The number of rotatable bonds is 3. The number of ketones is 3. The van der Waals surface area contributed by atoms with E-state index in [0.29, 0.717) is 5.57 Å². The Bertz CT molecular complexity index is 1180. The van der Waals surface area contributed by atoms with E-state index in [0.717, 1.165) is 6.08 Å². The summed E-state index contributed by atoms with van der Waals surface area (Å²) < 4.78 is 16.3. The van der Waals surface area contributed by atoms with Gasteiger partial charge < -0.3 is 31.0 Å². The highest BCUT2D eigenvalue weighted by molar-refractivity contribution is 6.23. The van der Waals surface area contributed by atoms with Crippen molar-refractivity contribution in [3.05, 3.63) is 58.5 Å². The van der Waals surface area contributed by atoms with E-state index in [2.05, 4.69) is 5.32 Å². The van der Waals surface area contributed by atoms with Crippen LogP contribution in [-0.4, -0.2) is 61.9 Å². The van der Waals surface area contributed by atoms with E-state index in [4.69, 9.17) is 25.7 Å². The van der Waals surface area contributed by atoms with Crippen molar-refractivity contribution in [1.29, 1.82) is 0 Å². The summed E-state index contributed by atoms with van der Waals surface area (Å²) in [5.74, 6) is -2.91. The molecule has 1 aliphatic heterocycles. The first-order valence-electron chi connectivity index (χ1n) is 12.5. The topological polar surface area (TPSA) is 177 Å². The number of primary amides is 1. The van der Waals surface area contributed by atoms with Gasteiger partial charge in [0.2, 0.25) is 11.6 Å². The zero-order chi connectivity index (χ0) is 29.4. The van der Waals surface area contributed by atoms with Crippen molar-refractivity contribution in [2.45, 2.75) is 58.8 Å². The maximum absolute atomic E-state index is 13.3. The normalized spacial score (nSPS) is 31.4. The molecule has 11 nitrogen and oxygen atoms in total. The van der Waals surface area contributed by atoms with Crippen LogP contribution in [-0.2, 0) is 33.4 Å². The molecular weight excluding hydrogens is 506 g/mol. The Labute approximate surface area is 228 Å². The zero-order valence-corrected chi connectivity index (χ0v) is 23.1. The van der Waals surface area contributed by atoms with Crippen LogP contribution in [0.2, 0.25) is 0 Å². The molecule has 2 amide bonds. The van der Waals surface area contributed by atoms with Crippen molar-refractivity contribution in [2.75, 3.05) is 14.2 Å². The van der Waals surface area contributed by atoms with Crippen LogP contribution in [0.1, 0.15) is 40.5 Å². The molecule has 1 aliphatic carbocycles. The van der Waals surface area contributed by atoms with Crippen molar-refractivity contribution in [1.82, 2.24) is 5.32 Å². The maximum Gasteiger partial charge on any atom is 0.405 e. The van der Waals surface area contributed by atoms with Crippen LogP contribution < -0.4 is 16.8 Å². The fourth-order valence-corrected chi connectivity index (χ4v) is 4.45. The van der Waals surface area contributed by atoms with Gasteiger partial charge in [-0.1, -0.05) is 38.2 Å². The minimum absolute atomic E-state index is 0.0743. The third-order valence-electron chi connectivity index (χ3n) is 6.63. The molecule has 2 rings (SSSR count). The Hall–Kier alpha value is -3.83. The van der Waals surface area contributed by atoms with Gasteiger partial charge in [0.05, 0.1) is 11.4 Å². The highest BCUT2D eigenvalue weighted by Crippen LogP contribution is 2.27. The summed E-state index contributed by atoms with van der Waals surface area (Å²) in [5.41, 5.74) is 11.7. The van der Waals surface area contributed by atoms with Crippen LogP contribution in [0.3, 0.4) is 0 Å². The number of methoxy groups -OCH3 is 2. The Balaban J connectivity index is 2.58. The molecule has 0 aromatic heterocycles. The van der Waals surface area contributed by atoms with Crippen molar-refractivity contribution >= 4 is 29.4 Å². The van der Waals surface area contributed by atoms with E-state index in [1.54, 1.807) is 32.9 Å². The lowest BCUT2D eigenvalue weighted by atomic mass is 9.85. The molecule has 0 radical (unpaired) electrons. The van der Waals surface area contributed by atoms with E-state index in [1.807, 2.05) is 0 Å². The second kappa shape index (κ2) is 13.8. The van der Waals surface area contributed by atoms with Crippen LogP contribution in [0.25, 0.3) is 0 Å². The first-order valence-corrected chi connectivity index (χ1v) is 12.5. The Morgan fingerprint density at radius 3 is 2.33 bits per heavy atom. The summed E-state index contributed by atoms with van der Waals surface area (Å²) >= 11 is 0. The van der Waals surface area contributed by atoms with Gasteiger partial charge in [-0.3, -0.25) is 19.2 Å². The van der Waals surface area contributed by atoms with Crippen LogP contribution in [0.15, 0.2) is 58.5 Å². The second-order valence-corrected chi connectivity index (χ2v) is 9.76. The first-order chi connectivity index (χ1) is 18.3. The lowest BCUT2D eigenvalue weighted by Gasteiger charge is -2.26. The summed E-state index contributed by atoms with van der Waals surface area (Å²) in [7, 11) is 2.82. The van der Waals surface area contributed by atoms with E-state index >= 15 is 0 Å². The average Bonchev–Trinajstić information content (AvgIpc) is 2.88. The molecule has 1 heterocycles. The minimum atomic E-state index is -1.03. The SMILES string of the molecule is COC1CC(C)CC2=C(N)C(=O)C=C(NC(=O)/C(C)=C/C=C\C(OC)C(OC(N)=O)/C(C)=C/[C@H](C)C1=O)C2=O. The fraction of sp³-hybridized carbons (Fsp3) is 0.464. The summed E-state index contributed by atoms with van der Waals surface area (Å²) in [4.78, 5) is 63.4. The molecule has 0 spiro atoms. The van der Waals surface area contributed by atoms with Crippen molar-refractivity contribution in [2.24, 2.45) is 23.3 Å². The molecule has 11 heteroatoms. The van der Waals surface area contributed by atoms with Crippen molar-refractivity contribution in [3.8, 4) is 0 Å². The number of nitrogens with one attached hydrogen (secondary N) is 1. The number of carbonyl (C=O) groups is 5. The third-order valence-corrected chi connectivity index (χ3v) is 6.63. The first kappa shape index (κ1) is 31.4. The smallest absolute Gasteiger partial charge is 0.405 e. The summed E-state index contributed by atoms with van der Waals surface area (Å²) in [6, 6.07) is 0. The van der Waals surface area contributed by atoms with Crippen LogP contribution in [0, 0.1) is 11.8 Å². The molecule has 5 atom stereocenters. The van der Waals surface area contributed by atoms with Gasteiger partial charge in [0.25, 0.3) is 5.91 Å². The molecule has 0 aromatic carbocycles. The van der Waals surface area contributed by atoms with Gasteiger partial charge in [0, 0.05) is 37.4 Å². The number of amides is 2. The number of allylic oxidation sites excluding steroid dienone is 5. The number of hydrogen-bond acceptors (Lipinski definition) is 9. The van der Waals surface area contributed by atoms with Crippen molar-refractivity contribution < 1.29 is 38.2 Å². The molecule has 0 saturated carbocycles. The maximum atomic E-state index is 13.3. The largest absolute Gasteiger partial charge is 0.439 e. The lowest BCUT2D eigenvalue weighted by molar-refractivity contribution is -0.132. The molecular formula is C28H37N3O8. The van der Waals surface area contributed by atoms with Crippen LogP contribution in [0.4, 0.5) is 4.79 Å². The molecule has 2 bridgehead atoms. The van der Waals surface area contributed by atoms with E-state index in [9.17, 15) is 24.0 Å². The second-order valence-electron chi connectivity index (χ2n) is 9.76. The van der Waals surface area contributed by atoms with E-state index in [-0.39, 0.29) is 47.1 Å². The highest BCUT2D eigenvalue weighted by atomic mass is 16.6. The number of ether oxygens (including phenoxy) is 3. The minimum Gasteiger partial charge on any atom is -0.439 e. The van der Waals surface area contributed by atoms with Gasteiger partial charge in [-0.15, -0.1) is 0 Å². The van der Waals surface area contributed by atoms with Crippen LogP contribution >= 0.6 is 0 Å². The number of fused-ring (bicyclic) bond motifs is 2. The Kier molecular flexibility index (Phi) is 11.1. The van der Waals surface area contributed by atoms with Gasteiger partial charge in [-0.05, 0) is 38.2 Å². The predicted octanol–water partition coefficient (Wildman–Crippen LogP) is 1.93. The molecule has 0 saturated heterocycles. The quantitative estimate of drug-likeness (QED) is 0.354. The summed E-state index contributed by atoms with van der Waals surface area (Å²) in [6.45, 7) is 6.70. The summed E-state index contributed by atoms with van der Waals surface area (Å²) in [5, 5.41) is 2.48. The zero-order valence-electron chi connectivity index (χ0n) is 23.1. The monoisotopic (exact) mass is 543 g/mol. The van der Waals surface area contributed by atoms with Crippen LogP contribution in [0.5, 0.6) is 0 Å². The molecule has 0 aromatic rings. The number of Topliss-reactive ketones (excluding diaryl/α,β-unsaturated/α-hetero) is 2. The van der Waals surface area contributed by atoms with Gasteiger partial charge in [0.1, 0.15) is 12.2 Å². The predicted molar refractivity (Wildman–Crippen MR) is 143 cm³/mol. The Morgan fingerprint density at radius 1 is 1.08 bits per heavy atom. The molecule has 39 heavy (non-hydrogen) atoms. The number of hydrogen-bond donors (Lipinski definition) is 3. The molecule has 0 fully saturated rings. The van der Waals surface area contributed by atoms with E-state index < -0.39 is 47.8 Å². The molecule has 2 aliphatic rings. The lowest BCUT2D eigenvalue weighted by Crippen LogP contribution is -2.35. The van der Waals surface area contributed by atoms with E-state index in [1.165, 1.54) is 33.3 Å². The van der Waals surface area contributed by atoms with Gasteiger partial charge in [0.15, 0.2) is 11.9 Å². The number of carbonyl (C=O) groups excluding carboxylic acids is 5. The average molecular weight is 544 g/mol. The molecule has 5 N–H and O–H groups in total. The standard InChI is InChI=1S/C28H37N3O8/c1-14-10-18-23(29)20(32)13-19(25(18)34)31-27(35)15(2)8-7-9-21(37-5)26(39-28(30)36)17(4)12-16(3)24(33)22(11-14)38-6/h7-9,12-14,16,21-22,26H,10-11,29H2,1-6H3,(H2,30,36)(H,31,35)/b9-7-,15-8+,17-12+/t14?,16-,21?,22?,26?/m0/s1. The summed E-state index contributed by atoms with van der Waals surface area (Å²) in [6.07, 6.45) is 3.91. The van der Waals surface area contributed by atoms with Gasteiger partial charge >= 0.3 is 6.09 Å². The third kappa shape index (κ3) is 8.08. The van der Waals surface area contributed by atoms with Gasteiger partial charge in [-0.2, -0.15) is 0 Å². The fourth-order valence-electron chi connectivity index (χ4n) is 4.45. The van der Waals surface area contributed by atoms with Crippen molar-refractivity contribution in [3.63, 3.8) is 0 Å². The Morgan fingerprint density at radius 2 is 1.74 bits per heavy atom. The highest BCUT2D eigenvalue weighted by Gasteiger charge is 2.32.